The van der Waals surface area contributed by atoms with Crippen LogP contribution in [-0.4, -0.2) is 30.0 Å². The normalized spacial score (nSPS) is 17.5. The molecule has 0 amide bonds. The summed E-state index contributed by atoms with van der Waals surface area (Å²) in [6.07, 6.45) is 24.7. The summed E-state index contributed by atoms with van der Waals surface area (Å²) in [7, 11) is 0. The molecule has 1 aliphatic rings. The maximum absolute atomic E-state index is 6.24. The van der Waals surface area contributed by atoms with Crippen LogP contribution >= 0.6 is 28.8 Å². The first-order valence-electron chi connectivity index (χ1n) is 14.3. The minimum Gasteiger partial charge on any atom is -0.322 e. The van der Waals surface area contributed by atoms with Crippen molar-refractivity contribution in [2.75, 3.05) is 24.7 Å². The molecule has 2 atom stereocenters. The summed E-state index contributed by atoms with van der Waals surface area (Å²) in [4.78, 5) is 0. The SMILES string of the molecule is CCCCCCCCCCCCCCCCCCOP(=S)(OCC(CC)CC)SCC1CS1. The minimum absolute atomic E-state index is 0.613. The average molecular weight is 539 g/mol. The molecular formula is C27H55O2PS3. The Labute approximate surface area is 221 Å². The van der Waals surface area contributed by atoms with Crippen LogP contribution in [0.3, 0.4) is 0 Å². The molecule has 1 saturated heterocycles. The highest BCUT2D eigenvalue weighted by Gasteiger charge is 2.28. The number of hydrogen-bond acceptors (Lipinski definition) is 5. The first-order valence-corrected chi connectivity index (χ1v) is 19.6. The lowest BCUT2D eigenvalue weighted by molar-refractivity contribution is 0.215. The van der Waals surface area contributed by atoms with Crippen LogP contribution < -0.4 is 0 Å². The van der Waals surface area contributed by atoms with Gasteiger partial charge in [0.1, 0.15) is 0 Å². The van der Waals surface area contributed by atoms with Gasteiger partial charge in [-0.05, 0) is 24.1 Å². The highest BCUT2D eigenvalue weighted by Crippen LogP contribution is 2.62. The molecule has 0 N–H and O–H groups in total. The van der Waals surface area contributed by atoms with E-state index in [4.69, 9.17) is 20.9 Å². The molecule has 0 aliphatic carbocycles. The molecular weight excluding hydrogens is 483 g/mol. The van der Waals surface area contributed by atoms with Crippen molar-refractivity contribution in [3.8, 4) is 0 Å². The quantitative estimate of drug-likeness (QED) is 0.0617. The highest BCUT2D eigenvalue weighted by atomic mass is 32.9. The van der Waals surface area contributed by atoms with Crippen LogP contribution in [0.5, 0.6) is 0 Å². The van der Waals surface area contributed by atoms with Gasteiger partial charge in [0.2, 0.25) is 5.69 Å². The minimum atomic E-state index is -2.17. The van der Waals surface area contributed by atoms with Crippen molar-refractivity contribution < 1.29 is 9.05 Å². The van der Waals surface area contributed by atoms with Gasteiger partial charge < -0.3 is 9.05 Å². The zero-order chi connectivity index (χ0) is 24.0. The lowest BCUT2D eigenvalue weighted by Crippen LogP contribution is -2.07. The van der Waals surface area contributed by atoms with Gasteiger partial charge in [-0.2, -0.15) is 11.8 Å². The predicted octanol–water partition coefficient (Wildman–Crippen LogP) is 10.8. The zero-order valence-corrected chi connectivity index (χ0v) is 25.5. The Morgan fingerprint density at radius 1 is 0.758 bits per heavy atom. The van der Waals surface area contributed by atoms with E-state index in [1.54, 1.807) is 11.4 Å². The van der Waals surface area contributed by atoms with E-state index in [0.717, 1.165) is 43.5 Å². The maximum Gasteiger partial charge on any atom is 0.247 e. The maximum atomic E-state index is 6.24. The monoisotopic (exact) mass is 538 g/mol. The lowest BCUT2D eigenvalue weighted by atomic mass is 10.0. The number of rotatable bonds is 26. The molecule has 0 aromatic rings. The molecule has 0 saturated carbocycles. The lowest BCUT2D eigenvalue weighted by Gasteiger charge is -2.24. The molecule has 2 unspecified atom stereocenters. The Balaban J connectivity index is 1.95. The molecule has 1 heterocycles. The molecule has 33 heavy (non-hydrogen) atoms. The summed E-state index contributed by atoms with van der Waals surface area (Å²) in [5.74, 6) is 3.00. The Kier molecular flexibility index (Phi) is 22.0. The zero-order valence-electron chi connectivity index (χ0n) is 22.2. The second-order valence-corrected chi connectivity index (χ2v) is 17.5. The van der Waals surface area contributed by atoms with Gasteiger partial charge in [-0.3, -0.25) is 0 Å². The number of hydrogen-bond donors (Lipinski definition) is 0. The largest absolute Gasteiger partial charge is 0.322 e. The Bertz CT molecular complexity index is 470. The third-order valence-electron chi connectivity index (χ3n) is 6.69. The first kappa shape index (κ1) is 32.3. The van der Waals surface area contributed by atoms with Crippen LogP contribution in [0, 0.1) is 5.92 Å². The van der Waals surface area contributed by atoms with Crippen LogP contribution in [0.15, 0.2) is 0 Å². The average Bonchev–Trinajstić information content (AvgIpc) is 3.65. The molecule has 6 heteroatoms. The van der Waals surface area contributed by atoms with E-state index in [-0.39, 0.29) is 0 Å². The molecule has 2 nitrogen and oxygen atoms in total. The summed E-state index contributed by atoms with van der Waals surface area (Å²) in [6.45, 7) is 8.33. The molecule has 0 radical (unpaired) electrons. The van der Waals surface area contributed by atoms with E-state index in [2.05, 4.69) is 20.8 Å². The van der Waals surface area contributed by atoms with Gasteiger partial charge in [0.25, 0.3) is 0 Å². The first-order chi connectivity index (χ1) is 16.1. The van der Waals surface area contributed by atoms with Crippen LogP contribution in [-0.2, 0) is 20.9 Å². The summed E-state index contributed by atoms with van der Waals surface area (Å²) in [6, 6.07) is 0. The fourth-order valence-corrected chi connectivity index (χ4v) is 9.62. The predicted molar refractivity (Wildman–Crippen MR) is 159 cm³/mol. The Hall–Kier alpha value is 1.27. The third kappa shape index (κ3) is 20.1. The molecule has 1 rings (SSSR count). The van der Waals surface area contributed by atoms with Gasteiger partial charge in [0.05, 0.1) is 13.2 Å². The number of unbranched alkanes of at least 4 members (excludes halogenated alkanes) is 15. The van der Waals surface area contributed by atoms with E-state index < -0.39 is 5.69 Å². The highest BCUT2D eigenvalue weighted by molar-refractivity contribution is 8.68. The van der Waals surface area contributed by atoms with Gasteiger partial charge >= 0.3 is 0 Å². The molecule has 0 bridgehead atoms. The third-order valence-corrected chi connectivity index (χ3v) is 13.3. The second-order valence-electron chi connectivity index (χ2n) is 9.81. The van der Waals surface area contributed by atoms with Gasteiger partial charge in [-0.25, -0.2) is 0 Å². The topological polar surface area (TPSA) is 18.5 Å². The van der Waals surface area contributed by atoms with Gasteiger partial charge in [-0.1, -0.05) is 141 Å². The van der Waals surface area contributed by atoms with Crippen LogP contribution in [0.25, 0.3) is 0 Å². The smallest absolute Gasteiger partial charge is 0.247 e. The molecule has 0 aromatic carbocycles. The van der Waals surface area contributed by atoms with E-state index in [1.165, 1.54) is 102 Å². The Morgan fingerprint density at radius 2 is 1.21 bits per heavy atom. The van der Waals surface area contributed by atoms with E-state index in [0.29, 0.717) is 5.92 Å². The van der Waals surface area contributed by atoms with Crippen molar-refractivity contribution in [1.29, 1.82) is 0 Å². The van der Waals surface area contributed by atoms with Crippen molar-refractivity contribution in [2.24, 2.45) is 5.92 Å². The van der Waals surface area contributed by atoms with Crippen molar-refractivity contribution in [2.45, 2.75) is 142 Å². The fraction of sp³-hybridized carbons (Fsp3) is 1.00. The Morgan fingerprint density at radius 3 is 1.64 bits per heavy atom. The van der Waals surface area contributed by atoms with E-state index in [1.807, 2.05) is 11.8 Å². The van der Waals surface area contributed by atoms with Crippen molar-refractivity contribution >= 4 is 40.6 Å². The molecule has 198 valence electrons. The summed E-state index contributed by atoms with van der Waals surface area (Å²) in [5, 5.41) is 0.785. The fourth-order valence-electron chi connectivity index (χ4n) is 4.00. The van der Waals surface area contributed by atoms with E-state index >= 15 is 0 Å². The van der Waals surface area contributed by atoms with Gasteiger partial charge in [-0.15, -0.1) is 0 Å². The van der Waals surface area contributed by atoms with Crippen molar-refractivity contribution in [1.82, 2.24) is 0 Å². The van der Waals surface area contributed by atoms with E-state index in [9.17, 15) is 0 Å². The molecule has 0 spiro atoms. The van der Waals surface area contributed by atoms with Gasteiger partial charge in [0.15, 0.2) is 0 Å². The standard InChI is InChI=1S/C27H55O2PS3/c1-4-7-8-9-10-11-12-13-14-15-16-17-18-19-20-21-22-28-30(31,33-25-27-24-32-27)29-23-26(5-2)6-3/h26-27H,4-25H2,1-3H3. The molecule has 1 fully saturated rings. The van der Waals surface area contributed by atoms with Crippen LogP contribution in [0.1, 0.15) is 136 Å². The second kappa shape index (κ2) is 22.5. The summed E-state index contributed by atoms with van der Waals surface area (Å²) >= 11 is 9.73. The number of thioether (sulfide) groups is 1. The van der Waals surface area contributed by atoms with Crippen molar-refractivity contribution in [3.63, 3.8) is 0 Å². The summed E-state index contributed by atoms with van der Waals surface area (Å²) < 4.78 is 12.5. The molecule has 1 aliphatic heterocycles. The van der Waals surface area contributed by atoms with Crippen LogP contribution in [0.4, 0.5) is 0 Å². The van der Waals surface area contributed by atoms with Crippen molar-refractivity contribution in [3.05, 3.63) is 0 Å². The summed E-state index contributed by atoms with van der Waals surface area (Å²) in [5.41, 5.74) is -2.17. The van der Waals surface area contributed by atoms with Crippen LogP contribution in [0.2, 0.25) is 0 Å². The van der Waals surface area contributed by atoms with Gasteiger partial charge in [0, 0.05) is 16.8 Å². The molecule has 0 aromatic heterocycles.